The molecule has 1 heterocycles. The predicted molar refractivity (Wildman–Crippen MR) is 64.9 cm³/mol. The molecule has 1 rings (SSSR count). The van der Waals surface area contributed by atoms with Gasteiger partial charge in [0.05, 0.1) is 7.11 Å². The van der Waals surface area contributed by atoms with Gasteiger partial charge in [0, 0.05) is 30.7 Å². The summed E-state index contributed by atoms with van der Waals surface area (Å²) >= 11 is 3.42. The summed E-state index contributed by atoms with van der Waals surface area (Å²) in [7, 11) is 1.61. The van der Waals surface area contributed by atoms with E-state index in [1.165, 1.54) is 0 Å². The number of methoxy groups -OCH3 is 1. The van der Waals surface area contributed by atoms with Crippen LogP contribution in [0.25, 0.3) is 0 Å². The second-order valence-electron chi connectivity index (χ2n) is 3.02. The van der Waals surface area contributed by atoms with E-state index < -0.39 is 0 Å². The van der Waals surface area contributed by atoms with Gasteiger partial charge in [0.25, 0.3) is 0 Å². The summed E-state index contributed by atoms with van der Waals surface area (Å²) in [6.45, 7) is 3.95. The molecular weight excluding hydrogens is 258 g/mol. The number of hydrogen-bond acceptors (Lipinski definition) is 4. The molecule has 0 saturated carbocycles. The minimum Gasteiger partial charge on any atom is -0.481 e. The van der Waals surface area contributed by atoms with Gasteiger partial charge in [0.15, 0.2) is 0 Å². The fourth-order valence-electron chi connectivity index (χ4n) is 1.25. The Balaban J connectivity index is 2.72. The van der Waals surface area contributed by atoms with Gasteiger partial charge in [0.2, 0.25) is 11.8 Å². The van der Waals surface area contributed by atoms with Gasteiger partial charge in [0.1, 0.15) is 0 Å². The molecule has 0 unspecified atom stereocenters. The molecule has 0 fully saturated rings. The van der Waals surface area contributed by atoms with E-state index in [1.807, 2.05) is 0 Å². The highest BCUT2D eigenvalue weighted by Crippen LogP contribution is 2.12. The number of hydrogen-bond donors (Lipinski definition) is 0. The highest BCUT2D eigenvalue weighted by Gasteiger charge is 2.07. The van der Waals surface area contributed by atoms with Crippen molar-refractivity contribution in [3.8, 4) is 5.88 Å². The van der Waals surface area contributed by atoms with E-state index in [1.54, 1.807) is 19.4 Å². The van der Waals surface area contributed by atoms with Crippen molar-refractivity contribution >= 4 is 21.9 Å². The summed E-state index contributed by atoms with van der Waals surface area (Å²) in [4.78, 5) is 10.7. The van der Waals surface area contributed by atoms with E-state index in [4.69, 9.17) is 4.74 Å². The standard InChI is InChI=1S/C10H16BrN3O/c1-3-14(8-4-6-11)10-12-7-5-9(13-10)15-2/h5,7H,3-4,6,8H2,1-2H3. The number of ether oxygens (including phenoxy) is 1. The zero-order chi connectivity index (χ0) is 11.1. The zero-order valence-corrected chi connectivity index (χ0v) is 10.7. The van der Waals surface area contributed by atoms with E-state index in [0.717, 1.165) is 30.8 Å². The maximum absolute atomic E-state index is 5.07. The van der Waals surface area contributed by atoms with Gasteiger partial charge in [-0.15, -0.1) is 0 Å². The Morgan fingerprint density at radius 2 is 2.33 bits per heavy atom. The summed E-state index contributed by atoms with van der Waals surface area (Å²) in [5, 5.41) is 0.994. The van der Waals surface area contributed by atoms with Gasteiger partial charge >= 0.3 is 0 Å². The van der Waals surface area contributed by atoms with E-state index in [0.29, 0.717) is 5.88 Å². The molecule has 0 saturated heterocycles. The molecule has 0 N–H and O–H groups in total. The minimum absolute atomic E-state index is 0.609. The maximum atomic E-state index is 5.07. The monoisotopic (exact) mass is 273 g/mol. The third kappa shape index (κ3) is 3.66. The lowest BCUT2D eigenvalue weighted by Crippen LogP contribution is -2.26. The predicted octanol–water partition coefficient (Wildman–Crippen LogP) is 2.10. The molecule has 0 bridgehead atoms. The summed E-state index contributed by atoms with van der Waals surface area (Å²) < 4.78 is 5.07. The van der Waals surface area contributed by atoms with Crippen molar-refractivity contribution in [1.82, 2.24) is 9.97 Å². The molecule has 5 heteroatoms. The molecule has 0 radical (unpaired) electrons. The molecule has 0 aromatic carbocycles. The Hall–Kier alpha value is -0.840. The Kier molecular flexibility index (Phi) is 5.39. The molecule has 84 valence electrons. The Morgan fingerprint density at radius 1 is 1.53 bits per heavy atom. The van der Waals surface area contributed by atoms with Gasteiger partial charge in [-0.1, -0.05) is 15.9 Å². The third-order valence-corrected chi connectivity index (χ3v) is 2.61. The SMILES string of the molecule is CCN(CCCBr)c1nccc(OC)n1. The van der Waals surface area contributed by atoms with Crippen LogP contribution >= 0.6 is 15.9 Å². The molecule has 0 aliphatic rings. The number of aromatic nitrogens is 2. The van der Waals surface area contributed by atoms with E-state index in [2.05, 4.69) is 37.7 Å². The summed E-state index contributed by atoms with van der Waals surface area (Å²) in [6, 6.07) is 1.75. The van der Waals surface area contributed by atoms with Crippen LogP contribution < -0.4 is 9.64 Å². The number of rotatable bonds is 6. The smallest absolute Gasteiger partial charge is 0.228 e. The largest absolute Gasteiger partial charge is 0.481 e. The van der Waals surface area contributed by atoms with Crippen molar-refractivity contribution < 1.29 is 4.74 Å². The summed E-state index contributed by atoms with van der Waals surface area (Å²) in [5.74, 6) is 1.34. The second-order valence-corrected chi connectivity index (χ2v) is 3.81. The molecule has 15 heavy (non-hydrogen) atoms. The first-order chi connectivity index (χ1) is 7.31. The maximum Gasteiger partial charge on any atom is 0.228 e. The average Bonchev–Trinajstić information content (AvgIpc) is 2.30. The molecule has 0 aliphatic heterocycles. The third-order valence-electron chi connectivity index (χ3n) is 2.05. The quantitative estimate of drug-likeness (QED) is 0.744. The first kappa shape index (κ1) is 12.2. The zero-order valence-electron chi connectivity index (χ0n) is 9.11. The molecule has 1 aromatic rings. The van der Waals surface area contributed by atoms with Crippen molar-refractivity contribution in [1.29, 1.82) is 0 Å². The lowest BCUT2D eigenvalue weighted by atomic mass is 10.4. The van der Waals surface area contributed by atoms with Gasteiger partial charge in [-0.05, 0) is 13.3 Å². The van der Waals surface area contributed by atoms with Crippen molar-refractivity contribution in [2.24, 2.45) is 0 Å². The molecule has 0 amide bonds. The van der Waals surface area contributed by atoms with Crippen LogP contribution in [-0.2, 0) is 0 Å². The molecule has 0 spiro atoms. The molecule has 4 nitrogen and oxygen atoms in total. The van der Waals surface area contributed by atoms with Crippen LogP contribution in [0.15, 0.2) is 12.3 Å². The summed E-state index contributed by atoms with van der Waals surface area (Å²) in [6.07, 6.45) is 2.80. The van der Waals surface area contributed by atoms with Crippen LogP contribution in [0.3, 0.4) is 0 Å². The molecule has 0 aliphatic carbocycles. The molecular formula is C10H16BrN3O. The number of anilines is 1. The van der Waals surface area contributed by atoms with E-state index >= 15 is 0 Å². The number of nitrogens with zero attached hydrogens (tertiary/aromatic N) is 3. The topological polar surface area (TPSA) is 38.2 Å². The lowest BCUT2D eigenvalue weighted by Gasteiger charge is -2.20. The van der Waals surface area contributed by atoms with Crippen molar-refractivity contribution in [2.75, 3.05) is 30.4 Å². The van der Waals surface area contributed by atoms with Crippen LogP contribution in [0.1, 0.15) is 13.3 Å². The lowest BCUT2D eigenvalue weighted by molar-refractivity contribution is 0.396. The van der Waals surface area contributed by atoms with E-state index in [9.17, 15) is 0 Å². The normalized spacial score (nSPS) is 10.1. The van der Waals surface area contributed by atoms with Crippen LogP contribution in [0.4, 0.5) is 5.95 Å². The van der Waals surface area contributed by atoms with Crippen molar-refractivity contribution in [2.45, 2.75) is 13.3 Å². The number of halogens is 1. The first-order valence-corrected chi connectivity index (χ1v) is 6.12. The fourth-order valence-corrected chi connectivity index (χ4v) is 1.50. The average molecular weight is 274 g/mol. The molecule has 1 aromatic heterocycles. The Bertz CT molecular complexity index is 296. The van der Waals surface area contributed by atoms with Crippen LogP contribution in [-0.4, -0.2) is 35.5 Å². The highest BCUT2D eigenvalue weighted by molar-refractivity contribution is 9.09. The van der Waals surface area contributed by atoms with Gasteiger partial charge in [-0.2, -0.15) is 4.98 Å². The molecule has 0 atom stereocenters. The second kappa shape index (κ2) is 6.61. The van der Waals surface area contributed by atoms with Crippen molar-refractivity contribution in [3.63, 3.8) is 0 Å². The van der Waals surface area contributed by atoms with Crippen LogP contribution in [0, 0.1) is 0 Å². The van der Waals surface area contributed by atoms with Crippen LogP contribution in [0.5, 0.6) is 5.88 Å². The minimum atomic E-state index is 0.609. The fraction of sp³-hybridized carbons (Fsp3) is 0.600. The van der Waals surface area contributed by atoms with E-state index in [-0.39, 0.29) is 0 Å². The van der Waals surface area contributed by atoms with Crippen molar-refractivity contribution in [3.05, 3.63) is 12.3 Å². The van der Waals surface area contributed by atoms with Crippen LogP contribution in [0.2, 0.25) is 0 Å². The number of alkyl halides is 1. The Morgan fingerprint density at radius 3 is 2.93 bits per heavy atom. The Labute approximate surface area is 98.8 Å². The van der Waals surface area contributed by atoms with Gasteiger partial charge in [-0.25, -0.2) is 4.98 Å². The summed E-state index contributed by atoms with van der Waals surface area (Å²) in [5.41, 5.74) is 0. The van der Waals surface area contributed by atoms with Gasteiger partial charge < -0.3 is 9.64 Å². The first-order valence-electron chi connectivity index (χ1n) is 4.99. The highest BCUT2D eigenvalue weighted by atomic mass is 79.9. The van der Waals surface area contributed by atoms with Gasteiger partial charge in [-0.3, -0.25) is 0 Å².